The standard InChI is InChI=1S/C32H41NO2/c1-2-3-4-5-6-7-8-15-24-35-30-22-20-28(21-23-30)26-32(34)33-31(29-18-13-10-14-19-29)25-27-16-11-9-12-17-27/h9-14,16-23,31H,2-8,15,24-26H2,1H3,(H,33,34). The lowest BCUT2D eigenvalue weighted by molar-refractivity contribution is -0.121. The number of ether oxygens (including phenoxy) is 1. The van der Waals surface area contributed by atoms with Crippen LogP contribution in [0.5, 0.6) is 5.75 Å². The van der Waals surface area contributed by atoms with Gasteiger partial charge in [-0.05, 0) is 41.7 Å². The van der Waals surface area contributed by atoms with Crippen molar-refractivity contribution >= 4 is 5.91 Å². The number of benzene rings is 3. The highest BCUT2D eigenvalue weighted by atomic mass is 16.5. The third-order valence-corrected chi connectivity index (χ3v) is 6.37. The molecule has 3 heteroatoms. The first-order chi connectivity index (χ1) is 17.2. The fourth-order valence-corrected chi connectivity index (χ4v) is 4.35. The Morgan fingerprint density at radius 2 is 1.31 bits per heavy atom. The van der Waals surface area contributed by atoms with E-state index in [1.165, 1.54) is 50.5 Å². The van der Waals surface area contributed by atoms with E-state index in [1.54, 1.807) is 0 Å². The summed E-state index contributed by atoms with van der Waals surface area (Å²) in [6.07, 6.45) is 11.5. The molecule has 0 aromatic heterocycles. The van der Waals surface area contributed by atoms with Crippen LogP contribution in [0.4, 0.5) is 0 Å². The van der Waals surface area contributed by atoms with E-state index >= 15 is 0 Å². The highest BCUT2D eigenvalue weighted by Gasteiger charge is 2.15. The lowest BCUT2D eigenvalue weighted by Crippen LogP contribution is -2.31. The van der Waals surface area contributed by atoms with E-state index in [-0.39, 0.29) is 11.9 Å². The molecule has 1 unspecified atom stereocenters. The maximum absolute atomic E-state index is 12.9. The molecule has 186 valence electrons. The molecule has 0 saturated heterocycles. The average molecular weight is 472 g/mol. The van der Waals surface area contributed by atoms with Gasteiger partial charge in [0.25, 0.3) is 0 Å². The molecule has 0 spiro atoms. The fraction of sp³-hybridized carbons (Fsp3) is 0.406. The molecule has 0 aliphatic rings. The first kappa shape index (κ1) is 26.5. The predicted octanol–water partition coefficient (Wildman–Crippen LogP) is 7.85. The fourth-order valence-electron chi connectivity index (χ4n) is 4.35. The van der Waals surface area contributed by atoms with Gasteiger partial charge < -0.3 is 10.1 Å². The summed E-state index contributed by atoms with van der Waals surface area (Å²) in [6, 6.07) is 28.4. The molecule has 0 bridgehead atoms. The zero-order valence-electron chi connectivity index (χ0n) is 21.3. The van der Waals surface area contributed by atoms with Crippen molar-refractivity contribution in [1.29, 1.82) is 0 Å². The van der Waals surface area contributed by atoms with Crippen LogP contribution in [-0.4, -0.2) is 12.5 Å². The zero-order chi connectivity index (χ0) is 24.6. The molecule has 1 N–H and O–H groups in total. The van der Waals surface area contributed by atoms with E-state index in [4.69, 9.17) is 4.74 Å². The summed E-state index contributed by atoms with van der Waals surface area (Å²) >= 11 is 0. The predicted molar refractivity (Wildman–Crippen MR) is 146 cm³/mol. The van der Waals surface area contributed by atoms with Crippen LogP contribution in [-0.2, 0) is 17.6 Å². The van der Waals surface area contributed by atoms with Gasteiger partial charge in [-0.1, -0.05) is 125 Å². The Morgan fingerprint density at radius 3 is 1.97 bits per heavy atom. The summed E-state index contributed by atoms with van der Waals surface area (Å²) in [6.45, 7) is 3.01. The van der Waals surface area contributed by atoms with Crippen molar-refractivity contribution in [2.24, 2.45) is 0 Å². The summed E-state index contributed by atoms with van der Waals surface area (Å²) in [4.78, 5) is 12.9. The molecule has 0 radical (unpaired) electrons. The van der Waals surface area contributed by atoms with Crippen molar-refractivity contribution in [3.8, 4) is 5.75 Å². The Balaban J connectivity index is 1.42. The van der Waals surface area contributed by atoms with Crippen LogP contribution in [0.15, 0.2) is 84.9 Å². The van der Waals surface area contributed by atoms with E-state index in [2.05, 4.69) is 36.5 Å². The second kappa shape index (κ2) is 15.8. The molecular weight excluding hydrogens is 430 g/mol. The normalized spacial score (nSPS) is 11.7. The number of rotatable bonds is 16. The first-order valence-corrected chi connectivity index (χ1v) is 13.3. The van der Waals surface area contributed by atoms with Gasteiger partial charge in [0.1, 0.15) is 5.75 Å². The lowest BCUT2D eigenvalue weighted by Gasteiger charge is -2.20. The van der Waals surface area contributed by atoms with E-state index < -0.39 is 0 Å². The smallest absolute Gasteiger partial charge is 0.224 e. The first-order valence-electron chi connectivity index (χ1n) is 13.3. The minimum atomic E-state index is -0.0552. The molecule has 3 aromatic rings. The molecule has 1 amide bonds. The molecule has 3 nitrogen and oxygen atoms in total. The van der Waals surface area contributed by atoms with Crippen LogP contribution >= 0.6 is 0 Å². The van der Waals surface area contributed by atoms with Crippen molar-refractivity contribution in [3.63, 3.8) is 0 Å². The van der Waals surface area contributed by atoms with Crippen molar-refractivity contribution in [2.75, 3.05) is 6.61 Å². The molecule has 1 atom stereocenters. The molecule has 0 heterocycles. The molecule has 35 heavy (non-hydrogen) atoms. The Labute approximate surface area is 211 Å². The average Bonchev–Trinajstić information content (AvgIpc) is 2.89. The van der Waals surface area contributed by atoms with Crippen molar-refractivity contribution < 1.29 is 9.53 Å². The van der Waals surface area contributed by atoms with Crippen LogP contribution in [0.1, 0.15) is 81.0 Å². The van der Waals surface area contributed by atoms with E-state index in [9.17, 15) is 4.79 Å². The Bertz CT molecular complexity index is 954. The molecule has 3 rings (SSSR count). The summed E-state index contributed by atoms with van der Waals surface area (Å²) in [5, 5.41) is 3.24. The minimum absolute atomic E-state index is 0.0300. The molecule has 0 aliphatic heterocycles. The SMILES string of the molecule is CCCCCCCCCCOc1ccc(CC(=O)NC(Cc2ccccc2)c2ccccc2)cc1. The third-order valence-electron chi connectivity index (χ3n) is 6.37. The van der Waals surface area contributed by atoms with Gasteiger partial charge in [-0.15, -0.1) is 0 Å². The Morgan fingerprint density at radius 1 is 0.714 bits per heavy atom. The van der Waals surface area contributed by atoms with Gasteiger partial charge in [0.2, 0.25) is 5.91 Å². The maximum atomic E-state index is 12.9. The summed E-state index contributed by atoms with van der Waals surface area (Å²) < 4.78 is 5.90. The molecule has 3 aromatic carbocycles. The van der Waals surface area contributed by atoms with E-state index in [1.807, 2.05) is 60.7 Å². The van der Waals surface area contributed by atoms with Gasteiger partial charge in [-0.2, -0.15) is 0 Å². The summed E-state index contributed by atoms with van der Waals surface area (Å²) in [7, 11) is 0. The summed E-state index contributed by atoms with van der Waals surface area (Å²) in [5.74, 6) is 0.908. The summed E-state index contributed by atoms with van der Waals surface area (Å²) in [5.41, 5.74) is 3.32. The third kappa shape index (κ3) is 10.4. The van der Waals surface area contributed by atoms with E-state index in [0.29, 0.717) is 6.42 Å². The Kier molecular flexibility index (Phi) is 11.9. The monoisotopic (exact) mass is 471 g/mol. The van der Waals surface area contributed by atoms with Crippen molar-refractivity contribution in [1.82, 2.24) is 5.32 Å². The van der Waals surface area contributed by atoms with Gasteiger partial charge in [0.15, 0.2) is 0 Å². The lowest BCUT2D eigenvalue weighted by atomic mass is 9.98. The minimum Gasteiger partial charge on any atom is -0.494 e. The largest absolute Gasteiger partial charge is 0.494 e. The van der Waals surface area contributed by atoms with Crippen LogP contribution < -0.4 is 10.1 Å². The molecule has 0 aliphatic carbocycles. The van der Waals surface area contributed by atoms with Gasteiger partial charge in [-0.25, -0.2) is 0 Å². The van der Waals surface area contributed by atoms with Crippen LogP contribution in [0, 0.1) is 0 Å². The maximum Gasteiger partial charge on any atom is 0.224 e. The van der Waals surface area contributed by atoms with E-state index in [0.717, 1.165) is 36.3 Å². The van der Waals surface area contributed by atoms with Crippen LogP contribution in [0.3, 0.4) is 0 Å². The quantitative estimate of drug-likeness (QED) is 0.216. The van der Waals surface area contributed by atoms with Gasteiger partial charge in [0.05, 0.1) is 19.1 Å². The number of nitrogens with one attached hydrogen (secondary N) is 1. The number of amides is 1. The highest BCUT2D eigenvalue weighted by molar-refractivity contribution is 5.79. The van der Waals surface area contributed by atoms with Crippen LogP contribution in [0.25, 0.3) is 0 Å². The van der Waals surface area contributed by atoms with Gasteiger partial charge in [-0.3, -0.25) is 4.79 Å². The van der Waals surface area contributed by atoms with Crippen molar-refractivity contribution in [2.45, 2.75) is 77.2 Å². The van der Waals surface area contributed by atoms with Gasteiger partial charge in [0, 0.05) is 0 Å². The van der Waals surface area contributed by atoms with Crippen molar-refractivity contribution in [3.05, 3.63) is 102 Å². The number of hydrogen-bond donors (Lipinski definition) is 1. The zero-order valence-corrected chi connectivity index (χ0v) is 21.3. The molecule has 0 saturated carbocycles. The number of unbranched alkanes of at least 4 members (excludes halogenated alkanes) is 7. The van der Waals surface area contributed by atoms with Crippen LogP contribution in [0.2, 0.25) is 0 Å². The molecular formula is C32H41NO2. The Hall–Kier alpha value is -3.07. The number of hydrogen-bond acceptors (Lipinski definition) is 2. The number of carbonyl (C=O) groups excluding carboxylic acids is 1. The highest BCUT2D eigenvalue weighted by Crippen LogP contribution is 2.19. The molecule has 0 fully saturated rings. The topological polar surface area (TPSA) is 38.3 Å². The van der Waals surface area contributed by atoms with Gasteiger partial charge >= 0.3 is 0 Å². The second-order valence-corrected chi connectivity index (χ2v) is 9.36. The number of carbonyl (C=O) groups is 1. The second-order valence-electron chi connectivity index (χ2n) is 9.36.